The molecule has 2 atom stereocenters. The summed E-state index contributed by atoms with van der Waals surface area (Å²) >= 11 is 0. The SMILES string of the molecule is CCNC(C(C)C)C(O)c1ccc(C)cc1. The maximum absolute atomic E-state index is 10.3. The molecule has 0 saturated heterocycles. The molecule has 2 unspecified atom stereocenters. The molecule has 0 spiro atoms. The molecular formula is C14H23NO. The second-order valence-corrected chi connectivity index (χ2v) is 4.68. The number of aryl methyl sites for hydroxylation is 1. The van der Waals surface area contributed by atoms with Crippen molar-refractivity contribution in [3.05, 3.63) is 35.4 Å². The molecule has 90 valence electrons. The molecule has 0 radical (unpaired) electrons. The molecule has 0 saturated carbocycles. The quantitative estimate of drug-likeness (QED) is 0.801. The first-order valence-electron chi connectivity index (χ1n) is 6.04. The van der Waals surface area contributed by atoms with E-state index in [0.717, 1.165) is 12.1 Å². The van der Waals surface area contributed by atoms with Crippen molar-refractivity contribution in [2.75, 3.05) is 6.54 Å². The van der Waals surface area contributed by atoms with Crippen LogP contribution in [0.4, 0.5) is 0 Å². The van der Waals surface area contributed by atoms with Gasteiger partial charge in [-0.25, -0.2) is 0 Å². The Morgan fingerprint density at radius 3 is 2.19 bits per heavy atom. The van der Waals surface area contributed by atoms with Gasteiger partial charge in [0.15, 0.2) is 0 Å². The van der Waals surface area contributed by atoms with Gasteiger partial charge < -0.3 is 10.4 Å². The van der Waals surface area contributed by atoms with E-state index in [1.165, 1.54) is 5.56 Å². The third kappa shape index (κ3) is 3.32. The maximum Gasteiger partial charge on any atom is 0.0945 e. The summed E-state index contributed by atoms with van der Waals surface area (Å²) in [5.41, 5.74) is 2.21. The van der Waals surface area contributed by atoms with Crippen LogP contribution in [0, 0.1) is 12.8 Å². The molecule has 0 heterocycles. The van der Waals surface area contributed by atoms with E-state index in [1.807, 2.05) is 24.3 Å². The van der Waals surface area contributed by atoms with Gasteiger partial charge in [0.05, 0.1) is 6.10 Å². The van der Waals surface area contributed by atoms with Crippen LogP contribution < -0.4 is 5.32 Å². The second-order valence-electron chi connectivity index (χ2n) is 4.68. The average Bonchev–Trinajstić information content (AvgIpc) is 2.25. The van der Waals surface area contributed by atoms with Crippen molar-refractivity contribution in [1.29, 1.82) is 0 Å². The highest BCUT2D eigenvalue weighted by Crippen LogP contribution is 2.22. The van der Waals surface area contributed by atoms with Crippen molar-refractivity contribution < 1.29 is 5.11 Å². The van der Waals surface area contributed by atoms with Crippen LogP contribution in [-0.4, -0.2) is 17.7 Å². The van der Waals surface area contributed by atoms with E-state index in [0.29, 0.717) is 5.92 Å². The zero-order valence-electron chi connectivity index (χ0n) is 10.7. The molecule has 0 aliphatic rings. The lowest BCUT2D eigenvalue weighted by Crippen LogP contribution is -2.39. The van der Waals surface area contributed by atoms with Gasteiger partial charge in [-0.1, -0.05) is 50.6 Å². The van der Waals surface area contributed by atoms with E-state index in [2.05, 4.69) is 33.0 Å². The molecular weight excluding hydrogens is 198 g/mol. The van der Waals surface area contributed by atoms with Gasteiger partial charge in [0, 0.05) is 6.04 Å². The second kappa shape index (κ2) is 6.02. The number of aliphatic hydroxyl groups excluding tert-OH is 1. The zero-order chi connectivity index (χ0) is 12.1. The van der Waals surface area contributed by atoms with Crippen molar-refractivity contribution >= 4 is 0 Å². The van der Waals surface area contributed by atoms with E-state index >= 15 is 0 Å². The fourth-order valence-corrected chi connectivity index (χ4v) is 1.92. The molecule has 0 bridgehead atoms. The first-order chi connectivity index (χ1) is 7.56. The van der Waals surface area contributed by atoms with Crippen LogP contribution in [0.2, 0.25) is 0 Å². The lowest BCUT2D eigenvalue weighted by molar-refractivity contribution is 0.106. The summed E-state index contributed by atoms with van der Waals surface area (Å²) in [7, 11) is 0. The van der Waals surface area contributed by atoms with Gasteiger partial charge in [-0.3, -0.25) is 0 Å². The third-order valence-electron chi connectivity index (χ3n) is 2.92. The van der Waals surface area contributed by atoms with Crippen molar-refractivity contribution in [3.8, 4) is 0 Å². The minimum Gasteiger partial charge on any atom is -0.387 e. The summed E-state index contributed by atoms with van der Waals surface area (Å²) in [6.07, 6.45) is -0.430. The minimum absolute atomic E-state index is 0.118. The highest BCUT2D eigenvalue weighted by Gasteiger charge is 2.22. The standard InChI is InChI=1S/C14H23NO/c1-5-15-13(10(2)3)14(16)12-8-6-11(4)7-9-12/h6-10,13-16H,5H2,1-4H3. The van der Waals surface area contributed by atoms with Crippen LogP contribution >= 0.6 is 0 Å². The molecule has 2 heteroatoms. The molecule has 0 aromatic heterocycles. The number of benzene rings is 1. The van der Waals surface area contributed by atoms with E-state index < -0.39 is 6.10 Å². The van der Waals surface area contributed by atoms with Crippen LogP contribution in [-0.2, 0) is 0 Å². The molecule has 0 aliphatic heterocycles. The van der Waals surface area contributed by atoms with Crippen molar-refractivity contribution in [3.63, 3.8) is 0 Å². The lowest BCUT2D eigenvalue weighted by atomic mass is 9.93. The summed E-state index contributed by atoms with van der Waals surface area (Å²) in [6.45, 7) is 9.26. The van der Waals surface area contributed by atoms with E-state index in [-0.39, 0.29) is 6.04 Å². The molecule has 16 heavy (non-hydrogen) atoms. The number of nitrogens with one attached hydrogen (secondary N) is 1. The van der Waals surface area contributed by atoms with E-state index in [1.54, 1.807) is 0 Å². The Hall–Kier alpha value is -0.860. The topological polar surface area (TPSA) is 32.3 Å². The predicted octanol–water partition coefficient (Wildman–Crippen LogP) is 2.66. The smallest absolute Gasteiger partial charge is 0.0945 e. The third-order valence-corrected chi connectivity index (χ3v) is 2.92. The first-order valence-corrected chi connectivity index (χ1v) is 6.04. The Labute approximate surface area is 98.7 Å². The first kappa shape index (κ1) is 13.2. The zero-order valence-corrected chi connectivity index (χ0v) is 10.7. The molecule has 1 aromatic rings. The predicted molar refractivity (Wildman–Crippen MR) is 68.4 cm³/mol. The molecule has 1 aromatic carbocycles. The highest BCUT2D eigenvalue weighted by atomic mass is 16.3. The summed E-state index contributed by atoms with van der Waals surface area (Å²) in [4.78, 5) is 0. The number of rotatable bonds is 5. The van der Waals surface area contributed by atoms with Gasteiger partial charge >= 0.3 is 0 Å². The summed E-state index contributed by atoms with van der Waals surface area (Å²) < 4.78 is 0. The Balaban J connectivity index is 2.81. The van der Waals surface area contributed by atoms with Gasteiger partial charge in [-0.2, -0.15) is 0 Å². The lowest BCUT2D eigenvalue weighted by Gasteiger charge is -2.27. The Bertz CT molecular complexity index is 305. The minimum atomic E-state index is -0.430. The summed E-state index contributed by atoms with van der Waals surface area (Å²) in [6, 6.07) is 8.22. The molecule has 0 fully saturated rings. The average molecular weight is 221 g/mol. The van der Waals surface area contributed by atoms with Crippen molar-refractivity contribution in [2.45, 2.75) is 39.8 Å². The van der Waals surface area contributed by atoms with Gasteiger partial charge in [0.1, 0.15) is 0 Å². The van der Waals surface area contributed by atoms with Gasteiger partial charge in [0.25, 0.3) is 0 Å². The highest BCUT2D eigenvalue weighted by molar-refractivity contribution is 5.24. The van der Waals surface area contributed by atoms with Gasteiger partial charge in [0.2, 0.25) is 0 Å². The fourth-order valence-electron chi connectivity index (χ4n) is 1.92. The molecule has 2 N–H and O–H groups in total. The van der Waals surface area contributed by atoms with E-state index in [4.69, 9.17) is 0 Å². The number of likely N-dealkylation sites (N-methyl/N-ethyl adjacent to an activating group) is 1. The van der Waals surface area contributed by atoms with Crippen LogP contribution in [0.5, 0.6) is 0 Å². The van der Waals surface area contributed by atoms with E-state index in [9.17, 15) is 5.11 Å². The van der Waals surface area contributed by atoms with Crippen LogP contribution in [0.1, 0.15) is 38.0 Å². The number of hydrogen-bond donors (Lipinski definition) is 2. The van der Waals surface area contributed by atoms with Crippen molar-refractivity contribution in [2.24, 2.45) is 5.92 Å². The summed E-state index contributed by atoms with van der Waals surface area (Å²) in [5, 5.41) is 13.7. The summed E-state index contributed by atoms with van der Waals surface area (Å²) in [5.74, 6) is 0.413. The Kier molecular flexibility index (Phi) is 4.97. The van der Waals surface area contributed by atoms with Crippen LogP contribution in [0.3, 0.4) is 0 Å². The Morgan fingerprint density at radius 2 is 1.75 bits per heavy atom. The number of hydrogen-bond acceptors (Lipinski definition) is 2. The van der Waals surface area contributed by atoms with Crippen LogP contribution in [0.15, 0.2) is 24.3 Å². The fraction of sp³-hybridized carbons (Fsp3) is 0.571. The monoisotopic (exact) mass is 221 g/mol. The van der Waals surface area contributed by atoms with Crippen LogP contribution in [0.25, 0.3) is 0 Å². The number of aliphatic hydroxyl groups is 1. The Morgan fingerprint density at radius 1 is 1.19 bits per heavy atom. The van der Waals surface area contributed by atoms with Gasteiger partial charge in [-0.15, -0.1) is 0 Å². The molecule has 0 amide bonds. The van der Waals surface area contributed by atoms with Gasteiger partial charge in [-0.05, 0) is 24.9 Å². The largest absolute Gasteiger partial charge is 0.387 e. The van der Waals surface area contributed by atoms with Crippen molar-refractivity contribution in [1.82, 2.24) is 5.32 Å². The maximum atomic E-state index is 10.3. The molecule has 2 nitrogen and oxygen atoms in total. The molecule has 0 aliphatic carbocycles. The normalized spacial score (nSPS) is 15.1. The molecule has 1 rings (SSSR count).